The van der Waals surface area contributed by atoms with E-state index in [-0.39, 0.29) is 23.7 Å². The van der Waals surface area contributed by atoms with Crippen molar-refractivity contribution in [3.63, 3.8) is 0 Å². The van der Waals surface area contributed by atoms with Crippen LogP contribution in [-0.4, -0.2) is 33.1 Å². The van der Waals surface area contributed by atoms with E-state index in [9.17, 15) is 9.59 Å². The molecular formula is C22H26N2O5. The van der Waals surface area contributed by atoms with E-state index in [4.69, 9.17) is 14.2 Å². The molecule has 3 rings (SSSR count). The maximum atomic E-state index is 12.6. The van der Waals surface area contributed by atoms with E-state index in [0.29, 0.717) is 29.4 Å². The number of rotatable bonds is 7. The van der Waals surface area contributed by atoms with E-state index < -0.39 is 0 Å². The second kappa shape index (κ2) is 8.43. The van der Waals surface area contributed by atoms with Gasteiger partial charge in [0.05, 0.1) is 33.2 Å². The van der Waals surface area contributed by atoms with Crippen LogP contribution in [0.4, 0.5) is 11.4 Å². The van der Waals surface area contributed by atoms with Gasteiger partial charge in [-0.2, -0.15) is 0 Å². The lowest BCUT2D eigenvalue weighted by Gasteiger charge is -2.14. The molecule has 0 aliphatic heterocycles. The van der Waals surface area contributed by atoms with E-state index in [0.717, 1.165) is 16.8 Å². The Balaban J connectivity index is 1.67. The van der Waals surface area contributed by atoms with Gasteiger partial charge in [-0.15, -0.1) is 0 Å². The summed E-state index contributed by atoms with van der Waals surface area (Å²) >= 11 is 0. The Labute approximate surface area is 170 Å². The van der Waals surface area contributed by atoms with Gasteiger partial charge in [-0.3, -0.25) is 9.59 Å². The van der Waals surface area contributed by atoms with Crippen LogP contribution in [0.2, 0.25) is 0 Å². The minimum atomic E-state index is -0.363. The first-order valence-electron chi connectivity index (χ1n) is 9.37. The zero-order valence-corrected chi connectivity index (χ0v) is 17.3. The first kappa shape index (κ1) is 20.5. The van der Waals surface area contributed by atoms with Crippen LogP contribution in [0.5, 0.6) is 17.2 Å². The summed E-state index contributed by atoms with van der Waals surface area (Å²) in [4.78, 5) is 25.2. The molecule has 2 unspecified atom stereocenters. The van der Waals surface area contributed by atoms with Crippen LogP contribution in [0, 0.1) is 25.7 Å². The van der Waals surface area contributed by atoms with Gasteiger partial charge in [0, 0.05) is 23.5 Å². The highest BCUT2D eigenvalue weighted by Crippen LogP contribution is 2.43. The number of ether oxygens (including phenoxy) is 3. The highest BCUT2D eigenvalue weighted by Gasteiger charge is 2.48. The third kappa shape index (κ3) is 4.29. The minimum absolute atomic E-state index is 0.132. The van der Waals surface area contributed by atoms with E-state index in [1.807, 2.05) is 32.0 Å². The number of hydrogen-bond donors (Lipinski definition) is 2. The smallest absolute Gasteiger partial charge is 0.228 e. The maximum Gasteiger partial charge on any atom is 0.228 e. The highest BCUT2D eigenvalue weighted by atomic mass is 16.5. The molecule has 2 N–H and O–H groups in total. The SMILES string of the molecule is COc1cc(NC(=O)C2CC2C(=O)Nc2c(C)cccc2C)cc(OC)c1OC. The van der Waals surface area contributed by atoms with E-state index >= 15 is 0 Å². The van der Waals surface area contributed by atoms with E-state index in [1.54, 1.807) is 12.1 Å². The number of benzene rings is 2. The molecule has 0 heterocycles. The molecule has 154 valence electrons. The number of anilines is 2. The number of methoxy groups -OCH3 is 3. The van der Waals surface area contributed by atoms with Gasteiger partial charge < -0.3 is 24.8 Å². The molecule has 0 radical (unpaired) electrons. The van der Waals surface area contributed by atoms with Gasteiger partial charge >= 0.3 is 0 Å². The molecule has 1 saturated carbocycles. The Bertz CT molecular complexity index is 896. The number of nitrogens with one attached hydrogen (secondary N) is 2. The maximum absolute atomic E-state index is 12.6. The summed E-state index contributed by atoms with van der Waals surface area (Å²) in [5, 5.41) is 5.81. The average molecular weight is 398 g/mol. The van der Waals surface area contributed by atoms with Gasteiger partial charge in [0.25, 0.3) is 0 Å². The lowest BCUT2D eigenvalue weighted by atomic mass is 10.1. The highest BCUT2D eigenvalue weighted by molar-refractivity contribution is 6.04. The molecule has 2 amide bonds. The van der Waals surface area contributed by atoms with Crippen LogP contribution in [0.3, 0.4) is 0 Å². The summed E-state index contributed by atoms with van der Waals surface area (Å²) in [6.45, 7) is 3.90. The number of carbonyl (C=O) groups is 2. The zero-order chi connectivity index (χ0) is 21.1. The summed E-state index contributed by atoms with van der Waals surface area (Å²) < 4.78 is 15.9. The first-order chi connectivity index (χ1) is 13.9. The van der Waals surface area contributed by atoms with Crippen molar-refractivity contribution in [2.75, 3.05) is 32.0 Å². The molecule has 7 nitrogen and oxygen atoms in total. The molecule has 29 heavy (non-hydrogen) atoms. The number of para-hydroxylation sites is 1. The minimum Gasteiger partial charge on any atom is -0.493 e. The predicted molar refractivity (Wildman–Crippen MR) is 111 cm³/mol. The quantitative estimate of drug-likeness (QED) is 0.745. The van der Waals surface area contributed by atoms with Gasteiger partial charge in [0.1, 0.15) is 0 Å². The normalized spacial score (nSPS) is 17.3. The Morgan fingerprint density at radius 2 is 1.38 bits per heavy atom. The average Bonchev–Trinajstić information content (AvgIpc) is 3.51. The van der Waals surface area contributed by atoms with Gasteiger partial charge in [-0.1, -0.05) is 18.2 Å². The van der Waals surface area contributed by atoms with Gasteiger partial charge in [-0.25, -0.2) is 0 Å². The first-order valence-corrected chi connectivity index (χ1v) is 9.37. The number of amides is 2. The van der Waals surface area contributed by atoms with E-state index in [2.05, 4.69) is 10.6 Å². The molecule has 7 heteroatoms. The van der Waals surface area contributed by atoms with Crippen LogP contribution in [0.15, 0.2) is 30.3 Å². The van der Waals surface area contributed by atoms with Crippen molar-refractivity contribution in [1.29, 1.82) is 0 Å². The fourth-order valence-corrected chi connectivity index (χ4v) is 3.39. The molecule has 2 atom stereocenters. The Morgan fingerprint density at radius 1 is 0.862 bits per heavy atom. The van der Waals surface area contributed by atoms with Crippen molar-refractivity contribution < 1.29 is 23.8 Å². The molecule has 2 aromatic carbocycles. The van der Waals surface area contributed by atoms with Crippen molar-refractivity contribution in [3.05, 3.63) is 41.5 Å². The van der Waals surface area contributed by atoms with Crippen LogP contribution < -0.4 is 24.8 Å². The predicted octanol–water partition coefficient (Wildman–Crippen LogP) is 3.54. The number of aryl methyl sites for hydroxylation is 2. The molecule has 0 bridgehead atoms. The third-order valence-electron chi connectivity index (χ3n) is 5.13. The number of carbonyl (C=O) groups excluding carboxylic acids is 2. The van der Waals surface area contributed by atoms with Crippen LogP contribution in [0.1, 0.15) is 17.5 Å². The fourth-order valence-electron chi connectivity index (χ4n) is 3.39. The Kier molecular flexibility index (Phi) is 5.96. The lowest BCUT2D eigenvalue weighted by molar-refractivity contribution is -0.122. The summed E-state index contributed by atoms with van der Waals surface area (Å²) in [6, 6.07) is 9.17. The van der Waals surface area contributed by atoms with Crippen LogP contribution in [0.25, 0.3) is 0 Å². The molecule has 2 aromatic rings. The lowest BCUT2D eigenvalue weighted by Crippen LogP contribution is -2.21. The Hall–Kier alpha value is -3.22. The third-order valence-corrected chi connectivity index (χ3v) is 5.13. The van der Waals surface area contributed by atoms with Crippen molar-refractivity contribution in [3.8, 4) is 17.2 Å². The molecule has 0 saturated heterocycles. The second-order valence-corrected chi connectivity index (χ2v) is 7.11. The molecule has 0 spiro atoms. The molecule has 1 aliphatic rings. The van der Waals surface area contributed by atoms with Crippen molar-refractivity contribution in [2.45, 2.75) is 20.3 Å². The summed E-state index contributed by atoms with van der Waals surface area (Å²) in [6.07, 6.45) is 0.521. The largest absolute Gasteiger partial charge is 0.493 e. The van der Waals surface area contributed by atoms with Gasteiger partial charge in [-0.05, 0) is 31.4 Å². The van der Waals surface area contributed by atoms with Crippen LogP contribution >= 0.6 is 0 Å². The summed E-state index contributed by atoms with van der Waals surface area (Å²) in [5.41, 5.74) is 3.33. The second-order valence-electron chi connectivity index (χ2n) is 7.11. The van der Waals surface area contributed by atoms with Crippen molar-refractivity contribution >= 4 is 23.2 Å². The molecule has 0 aromatic heterocycles. The molecular weight excluding hydrogens is 372 g/mol. The van der Waals surface area contributed by atoms with Gasteiger partial charge in [0.2, 0.25) is 17.6 Å². The Morgan fingerprint density at radius 3 is 1.86 bits per heavy atom. The topological polar surface area (TPSA) is 85.9 Å². The fraction of sp³-hybridized carbons (Fsp3) is 0.364. The number of hydrogen-bond acceptors (Lipinski definition) is 5. The monoisotopic (exact) mass is 398 g/mol. The molecule has 1 aliphatic carbocycles. The van der Waals surface area contributed by atoms with Crippen molar-refractivity contribution in [2.24, 2.45) is 11.8 Å². The van der Waals surface area contributed by atoms with Gasteiger partial charge in [0.15, 0.2) is 11.5 Å². The standard InChI is InChI=1S/C22H26N2O5/c1-12-7-6-8-13(2)19(12)24-22(26)16-11-15(16)21(25)23-14-9-17(27-3)20(29-5)18(10-14)28-4/h6-10,15-16H,11H2,1-5H3,(H,23,25)(H,24,26). The summed E-state index contributed by atoms with van der Waals surface area (Å²) in [5.74, 6) is 0.303. The van der Waals surface area contributed by atoms with Crippen LogP contribution in [-0.2, 0) is 9.59 Å². The van der Waals surface area contributed by atoms with E-state index in [1.165, 1.54) is 21.3 Å². The molecule has 1 fully saturated rings. The zero-order valence-electron chi connectivity index (χ0n) is 17.3. The van der Waals surface area contributed by atoms with Crippen molar-refractivity contribution in [1.82, 2.24) is 0 Å². The summed E-state index contributed by atoms with van der Waals surface area (Å²) in [7, 11) is 4.54.